The number of aromatic nitrogens is 2. The standard InChI is InChI=1S/C19H14N4O3/c24-17-8-7-12-4-1-2-5-13(12)14(17)11-20-23-19(25)16-10-15(21-22-16)18-6-3-9-26-18/h1-11,24H,(H,21,22)(H,23,25). The molecule has 7 heteroatoms. The van der Waals surface area contributed by atoms with Crippen LogP contribution in [0.3, 0.4) is 0 Å². The summed E-state index contributed by atoms with van der Waals surface area (Å²) in [4.78, 5) is 12.2. The molecule has 0 aliphatic carbocycles. The zero-order valence-electron chi connectivity index (χ0n) is 13.5. The lowest BCUT2D eigenvalue weighted by Crippen LogP contribution is -2.18. The minimum Gasteiger partial charge on any atom is -0.507 e. The van der Waals surface area contributed by atoms with Crippen molar-refractivity contribution in [2.75, 3.05) is 0 Å². The number of phenolic OH excluding ortho intramolecular Hbond substituents is 1. The number of H-pyrrole nitrogens is 1. The Labute approximate surface area is 148 Å². The average molecular weight is 346 g/mol. The van der Waals surface area contributed by atoms with E-state index in [1.165, 1.54) is 12.5 Å². The van der Waals surface area contributed by atoms with E-state index in [1.54, 1.807) is 24.3 Å². The van der Waals surface area contributed by atoms with Crippen LogP contribution in [-0.2, 0) is 0 Å². The number of aromatic hydroxyl groups is 1. The van der Waals surface area contributed by atoms with E-state index in [0.29, 0.717) is 17.0 Å². The number of benzene rings is 2. The smallest absolute Gasteiger partial charge is 0.291 e. The van der Waals surface area contributed by atoms with E-state index >= 15 is 0 Å². The number of carbonyl (C=O) groups excluding carboxylic acids is 1. The van der Waals surface area contributed by atoms with Gasteiger partial charge in [-0.15, -0.1) is 0 Å². The van der Waals surface area contributed by atoms with Gasteiger partial charge < -0.3 is 9.52 Å². The number of fused-ring (bicyclic) bond motifs is 1. The first-order valence-corrected chi connectivity index (χ1v) is 7.86. The van der Waals surface area contributed by atoms with Gasteiger partial charge in [0.15, 0.2) is 11.5 Å². The summed E-state index contributed by atoms with van der Waals surface area (Å²) in [6.45, 7) is 0. The first-order chi connectivity index (χ1) is 12.7. The lowest BCUT2D eigenvalue weighted by Gasteiger charge is -2.04. The molecule has 1 amide bonds. The van der Waals surface area contributed by atoms with Crippen LogP contribution in [0.1, 0.15) is 16.1 Å². The van der Waals surface area contributed by atoms with Gasteiger partial charge in [0.25, 0.3) is 5.91 Å². The Morgan fingerprint density at radius 3 is 2.92 bits per heavy atom. The third kappa shape index (κ3) is 2.93. The Bertz CT molecular complexity index is 1100. The minimum absolute atomic E-state index is 0.0848. The van der Waals surface area contributed by atoms with Gasteiger partial charge in [0, 0.05) is 11.6 Å². The van der Waals surface area contributed by atoms with E-state index in [-0.39, 0.29) is 11.4 Å². The molecule has 7 nitrogen and oxygen atoms in total. The van der Waals surface area contributed by atoms with Crippen molar-refractivity contribution in [2.24, 2.45) is 5.10 Å². The van der Waals surface area contributed by atoms with Crippen LogP contribution >= 0.6 is 0 Å². The third-order valence-electron chi connectivity index (χ3n) is 3.90. The maximum Gasteiger partial charge on any atom is 0.291 e. The molecular formula is C19H14N4O3. The number of carbonyl (C=O) groups is 1. The van der Waals surface area contributed by atoms with Crippen LogP contribution in [0.15, 0.2) is 70.4 Å². The van der Waals surface area contributed by atoms with Crippen molar-refractivity contribution in [3.8, 4) is 17.2 Å². The zero-order chi connectivity index (χ0) is 17.9. The fraction of sp³-hybridized carbons (Fsp3) is 0. The molecule has 0 aliphatic heterocycles. The highest BCUT2D eigenvalue weighted by Gasteiger charge is 2.12. The normalized spacial score (nSPS) is 11.2. The van der Waals surface area contributed by atoms with Gasteiger partial charge in [-0.3, -0.25) is 9.89 Å². The van der Waals surface area contributed by atoms with E-state index in [1.807, 2.05) is 30.3 Å². The fourth-order valence-corrected chi connectivity index (χ4v) is 2.63. The first-order valence-electron chi connectivity index (χ1n) is 7.86. The van der Waals surface area contributed by atoms with E-state index < -0.39 is 5.91 Å². The van der Waals surface area contributed by atoms with Crippen LogP contribution in [-0.4, -0.2) is 27.4 Å². The summed E-state index contributed by atoms with van der Waals surface area (Å²) >= 11 is 0. The molecule has 0 unspecified atom stereocenters. The van der Waals surface area contributed by atoms with Crippen LogP contribution in [0.25, 0.3) is 22.2 Å². The summed E-state index contributed by atoms with van der Waals surface area (Å²) < 4.78 is 5.25. The van der Waals surface area contributed by atoms with Crippen molar-refractivity contribution in [1.29, 1.82) is 0 Å². The summed E-state index contributed by atoms with van der Waals surface area (Å²) in [5.41, 5.74) is 3.70. The Morgan fingerprint density at radius 2 is 2.08 bits per heavy atom. The van der Waals surface area contributed by atoms with E-state index in [2.05, 4.69) is 20.7 Å². The fourth-order valence-electron chi connectivity index (χ4n) is 2.63. The van der Waals surface area contributed by atoms with Crippen molar-refractivity contribution in [3.63, 3.8) is 0 Å². The summed E-state index contributed by atoms with van der Waals surface area (Å²) in [6.07, 6.45) is 2.95. The molecule has 2 aromatic heterocycles. The minimum atomic E-state index is -0.477. The van der Waals surface area contributed by atoms with Gasteiger partial charge >= 0.3 is 0 Å². The number of hydrogen-bond acceptors (Lipinski definition) is 5. The number of hydrogen-bond donors (Lipinski definition) is 3. The maximum absolute atomic E-state index is 12.2. The van der Waals surface area contributed by atoms with Gasteiger partial charge in [0.2, 0.25) is 0 Å². The number of furan rings is 1. The SMILES string of the molecule is O=C(NN=Cc1c(O)ccc2ccccc12)c1cc(-c2ccco2)[nH]n1. The molecule has 0 spiro atoms. The van der Waals surface area contributed by atoms with Crippen molar-refractivity contribution in [2.45, 2.75) is 0 Å². The van der Waals surface area contributed by atoms with Gasteiger partial charge in [-0.1, -0.05) is 30.3 Å². The van der Waals surface area contributed by atoms with Crippen LogP contribution in [0.5, 0.6) is 5.75 Å². The molecule has 128 valence electrons. The van der Waals surface area contributed by atoms with Crippen molar-refractivity contribution in [1.82, 2.24) is 15.6 Å². The molecule has 4 rings (SSSR count). The highest BCUT2D eigenvalue weighted by Crippen LogP contribution is 2.25. The molecule has 4 aromatic rings. The number of aromatic amines is 1. The molecule has 0 fully saturated rings. The zero-order valence-corrected chi connectivity index (χ0v) is 13.5. The number of amides is 1. The molecule has 2 aromatic carbocycles. The molecular weight excluding hydrogens is 332 g/mol. The summed E-state index contributed by atoms with van der Waals surface area (Å²) in [6, 6.07) is 16.1. The second-order valence-electron chi connectivity index (χ2n) is 5.56. The molecule has 0 saturated heterocycles. The molecule has 3 N–H and O–H groups in total. The molecule has 0 bridgehead atoms. The lowest BCUT2D eigenvalue weighted by molar-refractivity contribution is 0.0950. The molecule has 0 atom stereocenters. The number of phenols is 1. The predicted molar refractivity (Wildman–Crippen MR) is 97.0 cm³/mol. The second-order valence-corrected chi connectivity index (χ2v) is 5.56. The Morgan fingerprint density at radius 1 is 1.19 bits per heavy atom. The largest absolute Gasteiger partial charge is 0.507 e. The van der Waals surface area contributed by atoms with Gasteiger partial charge in [0.05, 0.1) is 12.5 Å². The Kier molecular flexibility index (Phi) is 3.95. The van der Waals surface area contributed by atoms with Gasteiger partial charge in [-0.05, 0) is 29.0 Å². The summed E-state index contributed by atoms with van der Waals surface area (Å²) in [7, 11) is 0. The number of nitrogens with one attached hydrogen (secondary N) is 2. The van der Waals surface area contributed by atoms with Crippen molar-refractivity contribution in [3.05, 3.63) is 72.1 Å². The molecule has 26 heavy (non-hydrogen) atoms. The predicted octanol–water partition coefficient (Wildman–Crippen LogP) is 3.29. The molecule has 0 saturated carbocycles. The van der Waals surface area contributed by atoms with E-state index in [4.69, 9.17) is 4.42 Å². The topological polar surface area (TPSA) is 104 Å². The third-order valence-corrected chi connectivity index (χ3v) is 3.90. The van der Waals surface area contributed by atoms with Gasteiger partial charge in [0.1, 0.15) is 11.4 Å². The van der Waals surface area contributed by atoms with Crippen LogP contribution in [0.2, 0.25) is 0 Å². The Hall–Kier alpha value is -3.87. The second kappa shape index (κ2) is 6.56. The molecule has 2 heterocycles. The first kappa shape index (κ1) is 15.6. The van der Waals surface area contributed by atoms with Crippen LogP contribution < -0.4 is 5.43 Å². The maximum atomic E-state index is 12.2. The van der Waals surface area contributed by atoms with E-state index in [0.717, 1.165) is 10.8 Å². The lowest BCUT2D eigenvalue weighted by atomic mass is 10.0. The monoisotopic (exact) mass is 346 g/mol. The Balaban J connectivity index is 1.52. The molecule has 0 radical (unpaired) electrons. The van der Waals surface area contributed by atoms with Crippen LogP contribution in [0.4, 0.5) is 0 Å². The quantitative estimate of drug-likeness (QED) is 0.389. The number of nitrogens with zero attached hydrogens (tertiary/aromatic N) is 2. The number of hydrazone groups is 1. The average Bonchev–Trinajstić information content (AvgIpc) is 3.35. The highest BCUT2D eigenvalue weighted by molar-refractivity contribution is 6.03. The van der Waals surface area contributed by atoms with Gasteiger partial charge in [-0.2, -0.15) is 10.2 Å². The van der Waals surface area contributed by atoms with E-state index in [9.17, 15) is 9.90 Å². The highest BCUT2D eigenvalue weighted by atomic mass is 16.3. The van der Waals surface area contributed by atoms with Crippen molar-refractivity contribution >= 4 is 22.9 Å². The molecule has 0 aliphatic rings. The van der Waals surface area contributed by atoms with Crippen molar-refractivity contribution < 1.29 is 14.3 Å². The summed E-state index contributed by atoms with van der Waals surface area (Å²) in [5.74, 6) is 0.192. The summed E-state index contributed by atoms with van der Waals surface area (Å²) in [5, 5.41) is 22.5. The number of rotatable bonds is 4. The van der Waals surface area contributed by atoms with Crippen LogP contribution in [0, 0.1) is 0 Å². The van der Waals surface area contributed by atoms with Gasteiger partial charge in [-0.25, -0.2) is 5.43 Å².